The Morgan fingerprint density at radius 1 is 0.667 bits per heavy atom. The average Bonchev–Trinajstić information content (AvgIpc) is 4.15. The molecule has 6 heterocycles. The van der Waals surface area contributed by atoms with Crippen LogP contribution >= 0.6 is 0 Å². The predicted octanol–water partition coefficient (Wildman–Crippen LogP) is 6.72. The van der Waals surface area contributed by atoms with Crippen molar-refractivity contribution in [2.75, 3.05) is 17.2 Å². The number of halogens is 6. The molecule has 2 unspecified atom stereocenters. The molecule has 2 aliphatic rings. The Bertz CT molecular complexity index is 2680. The van der Waals surface area contributed by atoms with E-state index in [0.29, 0.717) is 28.2 Å². The highest BCUT2D eigenvalue weighted by molar-refractivity contribution is 5.82. The lowest BCUT2D eigenvalue weighted by molar-refractivity contribution is -0.383. The van der Waals surface area contributed by atoms with Gasteiger partial charge >= 0.3 is 18.0 Å². The van der Waals surface area contributed by atoms with Crippen LogP contribution in [0.25, 0.3) is 33.9 Å². The Hall–Kier alpha value is -7.66. The maximum Gasteiger partial charge on any atom is 0.395 e. The van der Waals surface area contributed by atoms with Gasteiger partial charge in [-0.3, -0.25) is 19.7 Å². The highest BCUT2D eigenvalue weighted by Gasteiger charge is 2.42. The molecule has 2 atom stereocenters. The smallest absolute Gasteiger partial charge is 0.395 e. The average molecular weight is 921 g/mol. The van der Waals surface area contributed by atoms with Crippen LogP contribution in [0.5, 0.6) is 0 Å². The van der Waals surface area contributed by atoms with E-state index in [1.54, 1.807) is 18.5 Å². The summed E-state index contributed by atoms with van der Waals surface area (Å²) in [5.74, 6) is -3.86. The molecule has 0 aromatic carbocycles. The van der Waals surface area contributed by atoms with E-state index in [-0.39, 0.29) is 83.5 Å². The fraction of sp³-hybridized carbons (Fsp3) is 0.333. The number of nitrogens with zero attached hydrogens (tertiary/aromatic N) is 9. The van der Waals surface area contributed by atoms with Crippen molar-refractivity contribution in [3.05, 3.63) is 107 Å². The summed E-state index contributed by atoms with van der Waals surface area (Å²) in [4.78, 5) is 50.2. The molecule has 66 heavy (non-hydrogen) atoms. The number of pyridine rings is 4. The van der Waals surface area contributed by atoms with E-state index in [9.17, 15) is 46.0 Å². The van der Waals surface area contributed by atoms with Crippen LogP contribution in [0.3, 0.4) is 0 Å². The van der Waals surface area contributed by atoms with Crippen molar-refractivity contribution >= 4 is 34.8 Å². The predicted molar refractivity (Wildman–Crippen MR) is 227 cm³/mol. The number of nitrogen functional groups attached to an aromatic ring is 3. The number of hydrogen-bond donors (Lipinski definition) is 5. The highest BCUT2D eigenvalue weighted by Crippen LogP contribution is 2.40. The SMILES string of the molecule is Nc1nccc(-c2cnn(-c3ccc(C(CCC(=O)NC4CC4)C(F)(F)F)cn3)c2)c1N.Nc1nccc(-c2cnn(-c3ccc(C(CCC(=O)NC4CC4)C(F)(F)F)cn3)c2)c1[N+](=O)[O-]. The second-order valence-corrected chi connectivity index (χ2v) is 15.7. The first kappa shape index (κ1) is 46.3. The van der Waals surface area contributed by atoms with E-state index < -0.39 is 35.0 Å². The van der Waals surface area contributed by atoms with Gasteiger partial charge in [0.15, 0.2) is 11.6 Å². The lowest BCUT2D eigenvalue weighted by Gasteiger charge is -2.20. The number of carbonyl (C=O) groups is 2. The van der Waals surface area contributed by atoms with E-state index in [1.807, 2.05) is 0 Å². The molecule has 2 aliphatic carbocycles. The Labute approximate surface area is 371 Å². The van der Waals surface area contributed by atoms with Gasteiger partial charge in [-0.2, -0.15) is 36.5 Å². The molecule has 6 aromatic heterocycles. The van der Waals surface area contributed by atoms with Crippen LogP contribution in [-0.2, 0) is 9.59 Å². The van der Waals surface area contributed by atoms with Crippen LogP contribution in [0.2, 0.25) is 0 Å². The van der Waals surface area contributed by atoms with Crippen molar-refractivity contribution < 1.29 is 40.9 Å². The third-order valence-corrected chi connectivity index (χ3v) is 10.8. The Morgan fingerprint density at radius 3 is 1.52 bits per heavy atom. The molecule has 2 fully saturated rings. The van der Waals surface area contributed by atoms with Gasteiger partial charge in [-0.15, -0.1) is 0 Å². The number of rotatable bonds is 15. The van der Waals surface area contributed by atoms with Crippen molar-refractivity contribution in [1.82, 2.24) is 50.1 Å². The highest BCUT2D eigenvalue weighted by atomic mass is 19.4. The number of nitrogens with two attached hydrogens (primary N) is 3. The molecule has 8 N–H and O–H groups in total. The van der Waals surface area contributed by atoms with Crippen LogP contribution in [-0.4, -0.2) is 80.7 Å². The Balaban J connectivity index is 0.000000197. The number of anilines is 3. The van der Waals surface area contributed by atoms with Gasteiger partial charge in [-0.05, 0) is 73.9 Å². The van der Waals surface area contributed by atoms with Gasteiger partial charge in [0.05, 0.1) is 40.4 Å². The first-order valence-electron chi connectivity index (χ1n) is 20.5. The minimum absolute atomic E-state index is 0.000923. The Kier molecular flexibility index (Phi) is 13.5. The van der Waals surface area contributed by atoms with Gasteiger partial charge in [0, 0.05) is 78.8 Å². The minimum atomic E-state index is -4.54. The van der Waals surface area contributed by atoms with Crippen molar-refractivity contribution in [3.63, 3.8) is 0 Å². The van der Waals surface area contributed by atoms with Gasteiger partial charge in [0.2, 0.25) is 17.6 Å². The topological polar surface area (TPSA) is 267 Å². The van der Waals surface area contributed by atoms with Crippen LogP contribution in [0, 0.1) is 10.1 Å². The molecular weight excluding hydrogens is 879 g/mol. The summed E-state index contributed by atoms with van der Waals surface area (Å²) in [6, 6.07) is 8.78. The van der Waals surface area contributed by atoms with Crippen molar-refractivity contribution in [2.45, 2.75) is 87.6 Å². The molecule has 6 aromatic rings. The number of aromatic nitrogens is 8. The molecular formula is C42H42F6N14O4. The third kappa shape index (κ3) is 11.5. The second-order valence-electron chi connectivity index (χ2n) is 15.7. The van der Waals surface area contributed by atoms with Gasteiger partial charge in [0.25, 0.3) is 0 Å². The number of nitrogens with one attached hydrogen (secondary N) is 2. The lowest BCUT2D eigenvalue weighted by Crippen LogP contribution is -2.28. The summed E-state index contributed by atoms with van der Waals surface area (Å²) < 4.78 is 84.5. The summed E-state index contributed by atoms with van der Waals surface area (Å²) in [7, 11) is 0. The molecule has 0 radical (unpaired) electrons. The first-order chi connectivity index (χ1) is 31.3. The quantitative estimate of drug-likeness (QED) is 0.0407. The Morgan fingerprint density at radius 2 is 1.11 bits per heavy atom. The van der Waals surface area contributed by atoms with Crippen molar-refractivity contribution in [3.8, 4) is 33.9 Å². The summed E-state index contributed by atoms with van der Waals surface area (Å²) in [5, 5.41) is 25.1. The van der Waals surface area contributed by atoms with Crippen LogP contribution < -0.4 is 27.8 Å². The summed E-state index contributed by atoms with van der Waals surface area (Å²) in [6.07, 6.45) is 4.43. The normalized spacial score (nSPS) is 14.7. The second kappa shape index (κ2) is 19.2. The van der Waals surface area contributed by atoms with Crippen molar-refractivity contribution in [1.29, 1.82) is 0 Å². The van der Waals surface area contributed by atoms with E-state index in [0.717, 1.165) is 31.9 Å². The van der Waals surface area contributed by atoms with Gasteiger partial charge in [0.1, 0.15) is 5.82 Å². The monoisotopic (exact) mass is 920 g/mol. The molecule has 18 nitrogen and oxygen atoms in total. The number of alkyl halides is 6. The zero-order valence-electron chi connectivity index (χ0n) is 34.7. The lowest BCUT2D eigenvalue weighted by atomic mass is 9.94. The van der Waals surface area contributed by atoms with Crippen LogP contribution in [0.15, 0.2) is 86.0 Å². The van der Waals surface area contributed by atoms with Gasteiger partial charge in [-0.1, -0.05) is 12.1 Å². The molecule has 0 saturated heterocycles. The van der Waals surface area contributed by atoms with Gasteiger partial charge in [-0.25, -0.2) is 29.3 Å². The molecule has 2 saturated carbocycles. The molecule has 0 bridgehead atoms. The largest absolute Gasteiger partial charge is 0.395 e. The summed E-state index contributed by atoms with van der Waals surface area (Å²) in [5.41, 5.74) is 19.0. The standard InChI is InChI=1S/C21H20F3N7O3.C21H22F3N7O/c22-21(23,24)16(4-6-18(32)29-14-2-3-14)12-1-5-17(27-9-12)30-11-13(10-28-30)15-7-8-26-20(25)19(15)31(33)34;22-21(23,24)16(4-6-18(32)30-14-2-3-14)12-1-5-17(28-9-12)31-11-13(10-29-31)15-7-8-27-20(26)19(15)25/h1,5,7-11,14,16H,2-4,6H2,(H2,25,26)(H,29,32);1,5,7-11,14,16H,2-4,6,25H2,(H2,26,27)(H,30,32). The fourth-order valence-electron chi connectivity index (χ4n) is 6.93. The maximum atomic E-state index is 13.6. The number of nitro groups is 1. The van der Waals surface area contributed by atoms with E-state index in [2.05, 4.69) is 40.8 Å². The molecule has 0 spiro atoms. The molecule has 346 valence electrons. The maximum absolute atomic E-state index is 13.6. The van der Waals surface area contributed by atoms with E-state index in [1.165, 1.54) is 70.7 Å². The zero-order chi connectivity index (χ0) is 47.3. The van der Waals surface area contributed by atoms with Crippen LogP contribution in [0.4, 0.5) is 49.4 Å². The van der Waals surface area contributed by atoms with Crippen molar-refractivity contribution in [2.24, 2.45) is 0 Å². The summed E-state index contributed by atoms with van der Waals surface area (Å²) >= 11 is 0. The first-order valence-corrected chi connectivity index (χ1v) is 20.5. The van der Waals surface area contributed by atoms with Gasteiger partial charge < -0.3 is 27.8 Å². The fourth-order valence-corrected chi connectivity index (χ4v) is 6.93. The minimum Gasteiger partial charge on any atom is -0.395 e. The zero-order valence-corrected chi connectivity index (χ0v) is 34.7. The molecule has 24 heteroatoms. The summed E-state index contributed by atoms with van der Waals surface area (Å²) in [6.45, 7) is 0. The van der Waals surface area contributed by atoms with E-state index >= 15 is 0 Å². The number of hydrogen-bond acceptors (Lipinski definition) is 13. The van der Waals surface area contributed by atoms with E-state index in [4.69, 9.17) is 17.2 Å². The molecule has 2 amide bonds. The number of carbonyl (C=O) groups excluding carboxylic acids is 2. The molecule has 0 aliphatic heterocycles. The number of amides is 2. The molecule has 8 rings (SSSR count). The third-order valence-electron chi connectivity index (χ3n) is 10.8. The van der Waals surface area contributed by atoms with Crippen LogP contribution in [0.1, 0.15) is 74.3 Å².